The second-order valence-corrected chi connectivity index (χ2v) is 3.77. The van der Waals surface area contributed by atoms with E-state index in [-0.39, 0.29) is 18.0 Å². The number of rotatable bonds is 2. The Morgan fingerprint density at radius 2 is 2.00 bits per heavy atom. The van der Waals surface area contributed by atoms with Gasteiger partial charge in [0, 0.05) is 31.9 Å². The number of hydrogen-bond acceptors (Lipinski definition) is 3. The van der Waals surface area contributed by atoms with Gasteiger partial charge in [-0.1, -0.05) is 0 Å². The molecule has 6 heteroatoms. The summed E-state index contributed by atoms with van der Waals surface area (Å²) in [6.07, 6.45) is 0. The van der Waals surface area contributed by atoms with Crippen LogP contribution in [0.5, 0.6) is 0 Å². The van der Waals surface area contributed by atoms with Crippen LogP contribution in [0.3, 0.4) is 0 Å². The van der Waals surface area contributed by atoms with E-state index in [9.17, 15) is 9.18 Å². The molecule has 0 spiro atoms. The SMILES string of the molecule is Cl.NC(=O)c1ccc(N2CCNCC2)cc1F. The highest BCUT2D eigenvalue weighted by molar-refractivity contribution is 5.93. The third kappa shape index (κ3) is 3.08. The second-order valence-electron chi connectivity index (χ2n) is 3.77. The lowest BCUT2D eigenvalue weighted by atomic mass is 10.1. The van der Waals surface area contributed by atoms with Gasteiger partial charge < -0.3 is 16.0 Å². The smallest absolute Gasteiger partial charge is 0.251 e. The highest BCUT2D eigenvalue weighted by Crippen LogP contribution is 2.18. The molecule has 0 unspecified atom stereocenters. The average Bonchev–Trinajstić information content (AvgIpc) is 2.29. The number of amides is 1. The molecule has 1 heterocycles. The Morgan fingerprint density at radius 1 is 1.35 bits per heavy atom. The molecule has 0 saturated carbocycles. The molecule has 1 aromatic rings. The number of primary amides is 1. The topological polar surface area (TPSA) is 58.4 Å². The quantitative estimate of drug-likeness (QED) is 0.824. The molecule has 0 bridgehead atoms. The Morgan fingerprint density at radius 3 is 2.53 bits per heavy atom. The van der Waals surface area contributed by atoms with Gasteiger partial charge in [-0.15, -0.1) is 12.4 Å². The summed E-state index contributed by atoms with van der Waals surface area (Å²) in [5.41, 5.74) is 5.78. The van der Waals surface area contributed by atoms with Crippen LogP contribution < -0.4 is 16.0 Å². The zero-order chi connectivity index (χ0) is 11.5. The number of hydrogen-bond donors (Lipinski definition) is 2. The molecule has 0 aromatic heterocycles. The molecule has 17 heavy (non-hydrogen) atoms. The van der Waals surface area contributed by atoms with E-state index in [0.29, 0.717) is 0 Å². The van der Waals surface area contributed by atoms with E-state index in [1.165, 1.54) is 12.1 Å². The molecule has 0 radical (unpaired) electrons. The van der Waals surface area contributed by atoms with Crippen LogP contribution in [0.15, 0.2) is 18.2 Å². The van der Waals surface area contributed by atoms with Crippen LogP contribution in [0, 0.1) is 5.82 Å². The molecule has 4 nitrogen and oxygen atoms in total. The van der Waals surface area contributed by atoms with E-state index in [0.717, 1.165) is 31.9 Å². The second kappa shape index (κ2) is 5.84. The van der Waals surface area contributed by atoms with Crippen LogP contribution in [0.25, 0.3) is 0 Å². The Balaban J connectivity index is 0.00000144. The molecular weight excluding hydrogens is 245 g/mol. The van der Waals surface area contributed by atoms with Crippen molar-refractivity contribution in [2.75, 3.05) is 31.1 Å². The maximum Gasteiger partial charge on any atom is 0.251 e. The summed E-state index contributed by atoms with van der Waals surface area (Å²) in [4.78, 5) is 12.9. The monoisotopic (exact) mass is 259 g/mol. The molecule has 1 saturated heterocycles. The minimum atomic E-state index is -0.732. The first kappa shape index (κ1) is 13.7. The third-order valence-corrected chi connectivity index (χ3v) is 2.70. The van der Waals surface area contributed by atoms with Gasteiger partial charge in [0.05, 0.1) is 5.56 Å². The molecule has 94 valence electrons. The van der Waals surface area contributed by atoms with Crippen LogP contribution in [0.4, 0.5) is 10.1 Å². The highest BCUT2D eigenvalue weighted by atomic mass is 35.5. The molecule has 1 aliphatic rings. The molecule has 1 aromatic carbocycles. The number of halogens is 2. The lowest BCUT2D eigenvalue weighted by Crippen LogP contribution is -2.43. The molecule has 3 N–H and O–H groups in total. The van der Waals surface area contributed by atoms with Crippen molar-refractivity contribution in [1.29, 1.82) is 0 Å². The number of nitrogens with two attached hydrogens (primary N) is 1. The minimum absolute atomic E-state index is 0. The molecule has 1 fully saturated rings. The number of nitrogens with zero attached hydrogens (tertiary/aromatic N) is 1. The number of carbonyl (C=O) groups excluding carboxylic acids is 1. The summed E-state index contributed by atoms with van der Waals surface area (Å²) in [5.74, 6) is -1.28. The number of benzene rings is 1. The molecule has 0 atom stereocenters. The van der Waals surface area contributed by atoms with Crippen LogP contribution >= 0.6 is 12.4 Å². The van der Waals surface area contributed by atoms with Crippen molar-refractivity contribution in [3.8, 4) is 0 Å². The van der Waals surface area contributed by atoms with Gasteiger partial charge in [-0.05, 0) is 18.2 Å². The summed E-state index contributed by atoms with van der Waals surface area (Å²) >= 11 is 0. The maximum atomic E-state index is 13.5. The fourth-order valence-corrected chi connectivity index (χ4v) is 1.82. The molecule has 1 amide bonds. The first-order chi connectivity index (χ1) is 7.68. The number of carbonyl (C=O) groups is 1. The summed E-state index contributed by atoms with van der Waals surface area (Å²) in [6.45, 7) is 3.46. The van der Waals surface area contributed by atoms with E-state index >= 15 is 0 Å². The van der Waals surface area contributed by atoms with E-state index in [1.807, 2.05) is 0 Å². The first-order valence-electron chi connectivity index (χ1n) is 5.23. The van der Waals surface area contributed by atoms with Crippen molar-refractivity contribution < 1.29 is 9.18 Å². The third-order valence-electron chi connectivity index (χ3n) is 2.70. The average molecular weight is 260 g/mol. The van der Waals surface area contributed by atoms with E-state index in [1.54, 1.807) is 6.07 Å². The van der Waals surface area contributed by atoms with E-state index in [4.69, 9.17) is 5.73 Å². The highest BCUT2D eigenvalue weighted by Gasteiger charge is 2.14. The molecular formula is C11H15ClFN3O. The van der Waals surface area contributed by atoms with Crippen molar-refractivity contribution in [2.24, 2.45) is 5.73 Å². The summed E-state index contributed by atoms with van der Waals surface area (Å²) in [6, 6.07) is 4.54. The fourth-order valence-electron chi connectivity index (χ4n) is 1.82. The van der Waals surface area contributed by atoms with Crippen LogP contribution in [-0.2, 0) is 0 Å². The Bertz CT molecular complexity index is 408. The van der Waals surface area contributed by atoms with E-state index < -0.39 is 11.7 Å². The summed E-state index contributed by atoms with van der Waals surface area (Å²) in [7, 11) is 0. The molecule has 2 rings (SSSR count). The van der Waals surface area contributed by atoms with Crippen molar-refractivity contribution in [3.05, 3.63) is 29.6 Å². The molecule has 1 aliphatic heterocycles. The first-order valence-corrected chi connectivity index (χ1v) is 5.23. The Labute approximate surface area is 105 Å². The van der Waals surface area contributed by atoms with Gasteiger partial charge in [0.1, 0.15) is 5.82 Å². The van der Waals surface area contributed by atoms with E-state index in [2.05, 4.69) is 10.2 Å². The minimum Gasteiger partial charge on any atom is -0.369 e. The normalized spacial score (nSPS) is 15.2. The van der Waals surface area contributed by atoms with Crippen LogP contribution in [0.2, 0.25) is 0 Å². The van der Waals surface area contributed by atoms with Crippen molar-refractivity contribution in [3.63, 3.8) is 0 Å². The van der Waals surface area contributed by atoms with Crippen molar-refractivity contribution in [2.45, 2.75) is 0 Å². The largest absolute Gasteiger partial charge is 0.369 e. The molecule has 0 aliphatic carbocycles. The van der Waals surface area contributed by atoms with Crippen molar-refractivity contribution in [1.82, 2.24) is 5.32 Å². The predicted molar refractivity (Wildman–Crippen MR) is 67.2 cm³/mol. The van der Waals surface area contributed by atoms with Gasteiger partial charge >= 0.3 is 0 Å². The van der Waals surface area contributed by atoms with Gasteiger partial charge in [-0.2, -0.15) is 0 Å². The van der Waals surface area contributed by atoms with Gasteiger partial charge in [0.25, 0.3) is 5.91 Å². The zero-order valence-corrected chi connectivity index (χ0v) is 10.1. The summed E-state index contributed by atoms with van der Waals surface area (Å²) in [5, 5.41) is 3.22. The predicted octanol–water partition coefficient (Wildman–Crippen LogP) is 0.756. The Kier molecular flexibility index (Phi) is 4.72. The van der Waals surface area contributed by atoms with Crippen LogP contribution in [-0.4, -0.2) is 32.1 Å². The summed E-state index contributed by atoms with van der Waals surface area (Å²) < 4.78 is 13.5. The fraction of sp³-hybridized carbons (Fsp3) is 0.364. The number of piperazine rings is 1. The van der Waals surface area contributed by atoms with Crippen molar-refractivity contribution >= 4 is 24.0 Å². The number of anilines is 1. The van der Waals surface area contributed by atoms with Gasteiger partial charge in [-0.3, -0.25) is 4.79 Å². The maximum absolute atomic E-state index is 13.5. The van der Waals surface area contributed by atoms with Gasteiger partial charge in [-0.25, -0.2) is 4.39 Å². The van der Waals surface area contributed by atoms with Gasteiger partial charge in [0.2, 0.25) is 0 Å². The Hall–Kier alpha value is -1.33. The van der Waals surface area contributed by atoms with Gasteiger partial charge in [0.15, 0.2) is 0 Å². The van der Waals surface area contributed by atoms with Crippen LogP contribution in [0.1, 0.15) is 10.4 Å². The zero-order valence-electron chi connectivity index (χ0n) is 9.28. The standard InChI is InChI=1S/C11H14FN3O.ClH/c12-10-7-8(1-2-9(10)11(13)16)15-5-3-14-4-6-15;/h1-2,7,14H,3-6H2,(H2,13,16);1H. The lowest BCUT2D eigenvalue weighted by molar-refractivity contribution is 0.0996. The number of nitrogens with one attached hydrogen (secondary N) is 1. The lowest BCUT2D eigenvalue weighted by Gasteiger charge is -2.29.